The summed E-state index contributed by atoms with van der Waals surface area (Å²) in [7, 11) is 0. The predicted octanol–water partition coefficient (Wildman–Crippen LogP) is 2.46. The summed E-state index contributed by atoms with van der Waals surface area (Å²) >= 11 is 0. The third kappa shape index (κ3) is 5.35. The quantitative estimate of drug-likeness (QED) is 0.666. The van der Waals surface area contributed by atoms with E-state index in [1.807, 2.05) is 4.90 Å². The molecule has 1 aliphatic heterocycles. The van der Waals surface area contributed by atoms with E-state index < -0.39 is 6.03 Å². The highest BCUT2D eigenvalue weighted by Crippen LogP contribution is 2.16. The number of hydrogen-bond donors (Lipinski definition) is 3. The monoisotopic (exact) mass is 384 g/mol. The van der Waals surface area contributed by atoms with Crippen LogP contribution in [0.2, 0.25) is 0 Å². The number of carbonyl (C=O) groups is 3. The van der Waals surface area contributed by atoms with Crippen LogP contribution in [-0.4, -0.2) is 48.9 Å². The highest BCUT2D eigenvalue weighted by molar-refractivity contribution is 5.97. The molecule has 0 radical (unpaired) electrons. The van der Waals surface area contributed by atoms with Crippen molar-refractivity contribution < 1.29 is 18.8 Å². The number of urea groups is 1. The Morgan fingerprint density at radius 3 is 2.50 bits per heavy atom. The fourth-order valence-corrected chi connectivity index (χ4v) is 3.03. The van der Waals surface area contributed by atoms with E-state index in [1.54, 1.807) is 36.4 Å². The van der Waals surface area contributed by atoms with Gasteiger partial charge in [-0.15, -0.1) is 0 Å². The van der Waals surface area contributed by atoms with Gasteiger partial charge >= 0.3 is 6.03 Å². The van der Waals surface area contributed by atoms with Gasteiger partial charge in [0.2, 0.25) is 0 Å². The van der Waals surface area contributed by atoms with Gasteiger partial charge in [0, 0.05) is 37.4 Å². The van der Waals surface area contributed by atoms with E-state index >= 15 is 0 Å². The van der Waals surface area contributed by atoms with Crippen molar-refractivity contribution in [3.8, 4) is 0 Å². The first-order valence-electron chi connectivity index (χ1n) is 9.39. The second-order valence-electron chi connectivity index (χ2n) is 6.55. The fraction of sp³-hybridized carbons (Fsp3) is 0.350. The molecule has 1 saturated heterocycles. The standard InChI is InChI=1S/C20H24N4O4/c25-18(17-8-5-13-28-17)21-9-10-22-20(27)23-16-7-4-6-15(14-16)19(26)24-11-2-1-3-12-24/h4-8,13-14H,1-3,9-12H2,(H,21,25)(H2,22,23,27). The van der Waals surface area contributed by atoms with E-state index in [0.717, 1.165) is 32.4 Å². The highest BCUT2D eigenvalue weighted by Gasteiger charge is 2.18. The Hall–Kier alpha value is -3.29. The molecule has 0 bridgehead atoms. The molecule has 28 heavy (non-hydrogen) atoms. The maximum absolute atomic E-state index is 12.6. The molecule has 0 saturated carbocycles. The zero-order valence-corrected chi connectivity index (χ0v) is 15.6. The molecular weight excluding hydrogens is 360 g/mol. The number of furan rings is 1. The van der Waals surface area contributed by atoms with Crippen LogP contribution in [0, 0.1) is 0 Å². The highest BCUT2D eigenvalue weighted by atomic mass is 16.3. The summed E-state index contributed by atoms with van der Waals surface area (Å²) in [4.78, 5) is 38.1. The summed E-state index contributed by atoms with van der Waals surface area (Å²) in [6, 6.07) is 9.69. The molecule has 0 aliphatic carbocycles. The van der Waals surface area contributed by atoms with Gasteiger partial charge in [-0.05, 0) is 49.6 Å². The topological polar surface area (TPSA) is 104 Å². The molecule has 0 atom stereocenters. The van der Waals surface area contributed by atoms with Crippen LogP contribution in [0.4, 0.5) is 10.5 Å². The summed E-state index contributed by atoms with van der Waals surface area (Å²) in [6.45, 7) is 2.08. The second-order valence-corrected chi connectivity index (χ2v) is 6.55. The average molecular weight is 384 g/mol. The number of piperidine rings is 1. The van der Waals surface area contributed by atoms with Crippen molar-refractivity contribution in [2.45, 2.75) is 19.3 Å². The Morgan fingerprint density at radius 2 is 1.75 bits per heavy atom. The van der Waals surface area contributed by atoms with Crippen molar-refractivity contribution in [3.05, 3.63) is 54.0 Å². The zero-order valence-electron chi connectivity index (χ0n) is 15.6. The molecule has 2 aromatic rings. The lowest BCUT2D eigenvalue weighted by molar-refractivity contribution is 0.0724. The molecule has 0 unspecified atom stereocenters. The summed E-state index contributed by atoms with van der Waals surface area (Å²) in [5, 5.41) is 8.00. The third-order valence-electron chi connectivity index (χ3n) is 4.45. The van der Waals surface area contributed by atoms with Gasteiger partial charge in [0.1, 0.15) is 0 Å². The van der Waals surface area contributed by atoms with Crippen LogP contribution >= 0.6 is 0 Å². The second kappa shape index (κ2) is 9.59. The first-order valence-corrected chi connectivity index (χ1v) is 9.39. The van der Waals surface area contributed by atoms with Crippen molar-refractivity contribution in [3.63, 3.8) is 0 Å². The van der Waals surface area contributed by atoms with Crippen LogP contribution < -0.4 is 16.0 Å². The minimum Gasteiger partial charge on any atom is -0.459 e. The molecule has 4 amide bonds. The third-order valence-corrected chi connectivity index (χ3v) is 4.45. The Kier molecular flexibility index (Phi) is 6.67. The molecule has 148 valence electrons. The van der Waals surface area contributed by atoms with Gasteiger partial charge in [0.25, 0.3) is 11.8 Å². The molecule has 0 spiro atoms. The molecule has 3 rings (SSSR count). The first kappa shape index (κ1) is 19.5. The number of carbonyl (C=O) groups excluding carboxylic acids is 3. The smallest absolute Gasteiger partial charge is 0.319 e. The van der Waals surface area contributed by atoms with Gasteiger partial charge in [-0.3, -0.25) is 9.59 Å². The van der Waals surface area contributed by atoms with Crippen LogP contribution in [0.15, 0.2) is 47.1 Å². The van der Waals surface area contributed by atoms with E-state index in [2.05, 4.69) is 16.0 Å². The SMILES string of the molecule is O=C(NCCNC(=O)c1ccco1)Nc1cccc(C(=O)N2CCCCC2)c1. The van der Waals surface area contributed by atoms with Crippen LogP contribution in [0.25, 0.3) is 0 Å². The van der Waals surface area contributed by atoms with E-state index in [1.165, 1.54) is 6.26 Å². The Labute approximate surface area is 163 Å². The van der Waals surface area contributed by atoms with Crippen molar-refractivity contribution >= 4 is 23.5 Å². The Bertz CT molecular complexity index is 813. The molecule has 8 heteroatoms. The number of rotatable bonds is 6. The van der Waals surface area contributed by atoms with Crippen molar-refractivity contribution in [2.24, 2.45) is 0 Å². The minimum atomic E-state index is -0.408. The Morgan fingerprint density at radius 1 is 0.964 bits per heavy atom. The van der Waals surface area contributed by atoms with Crippen LogP contribution in [0.1, 0.15) is 40.2 Å². The lowest BCUT2D eigenvalue weighted by Gasteiger charge is -2.26. The molecule has 3 N–H and O–H groups in total. The lowest BCUT2D eigenvalue weighted by atomic mass is 10.1. The zero-order chi connectivity index (χ0) is 19.8. The molecule has 1 aromatic carbocycles. The van der Waals surface area contributed by atoms with Crippen LogP contribution in [0.3, 0.4) is 0 Å². The average Bonchev–Trinajstić information content (AvgIpc) is 3.26. The number of nitrogens with one attached hydrogen (secondary N) is 3. The van der Waals surface area contributed by atoms with Crippen molar-refractivity contribution in [1.29, 1.82) is 0 Å². The number of anilines is 1. The maximum atomic E-state index is 12.6. The lowest BCUT2D eigenvalue weighted by Crippen LogP contribution is -2.37. The molecule has 8 nitrogen and oxygen atoms in total. The molecule has 1 aliphatic rings. The van der Waals surface area contributed by atoms with E-state index in [9.17, 15) is 14.4 Å². The number of hydrogen-bond acceptors (Lipinski definition) is 4. The van der Waals surface area contributed by atoms with Crippen LogP contribution in [-0.2, 0) is 0 Å². The molecular formula is C20H24N4O4. The normalized spacial score (nSPS) is 13.6. The predicted molar refractivity (Wildman–Crippen MR) is 104 cm³/mol. The van der Waals surface area contributed by atoms with Crippen molar-refractivity contribution in [1.82, 2.24) is 15.5 Å². The molecule has 2 heterocycles. The first-order chi connectivity index (χ1) is 13.6. The van der Waals surface area contributed by atoms with Gasteiger partial charge in [-0.25, -0.2) is 4.79 Å². The van der Waals surface area contributed by atoms with Gasteiger partial charge in [0.15, 0.2) is 5.76 Å². The Balaban J connectivity index is 1.43. The van der Waals surface area contributed by atoms with Crippen molar-refractivity contribution in [2.75, 3.05) is 31.5 Å². The summed E-state index contributed by atoms with van der Waals surface area (Å²) in [5.41, 5.74) is 1.10. The van der Waals surface area contributed by atoms with Gasteiger partial charge in [-0.1, -0.05) is 6.07 Å². The number of likely N-dealkylation sites (tertiary alicyclic amines) is 1. The largest absolute Gasteiger partial charge is 0.459 e. The summed E-state index contributed by atoms with van der Waals surface area (Å²) in [6.07, 6.45) is 4.64. The van der Waals surface area contributed by atoms with Gasteiger partial charge in [0.05, 0.1) is 6.26 Å². The van der Waals surface area contributed by atoms with Gasteiger partial charge in [-0.2, -0.15) is 0 Å². The maximum Gasteiger partial charge on any atom is 0.319 e. The summed E-state index contributed by atoms with van der Waals surface area (Å²) < 4.78 is 4.98. The number of amides is 4. The fourth-order valence-electron chi connectivity index (χ4n) is 3.03. The van der Waals surface area contributed by atoms with Gasteiger partial charge < -0.3 is 25.3 Å². The number of benzene rings is 1. The minimum absolute atomic E-state index is 0.00982. The van der Waals surface area contributed by atoms with E-state index in [0.29, 0.717) is 11.3 Å². The molecule has 1 aromatic heterocycles. The molecule has 1 fully saturated rings. The van der Waals surface area contributed by atoms with E-state index in [4.69, 9.17) is 4.42 Å². The summed E-state index contributed by atoms with van der Waals surface area (Å²) in [5.74, 6) is -0.125. The number of nitrogens with zero attached hydrogens (tertiary/aromatic N) is 1. The van der Waals surface area contributed by atoms with E-state index in [-0.39, 0.29) is 30.7 Å². The van der Waals surface area contributed by atoms with Crippen LogP contribution in [0.5, 0.6) is 0 Å².